The minimum atomic E-state index is -0.185. The second-order valence-corrected chi connectivity index (χ2v) is 7.85. The fraction of sp³-hybridized carbons (Fsp3) is 0.286. The molecular weight excluding hydrogens is 440 g/mol. The van der Waals surface area contributed by atoms with Gasteiger partial charge in [0.1, 0.15) is 5.82 Å². The first kappa shape index (κ1) is 15.4. The van der Waals surface area contributed by atoms with Gasteiger partial charge in [0, 0.05) is 8.45 Å². The van der Waals surface area contributed by atoms with E-state index in [-0.39, 0.29) is 11.9 Å². The fourth-order valence-electron chi connectivity index (χ4n) is 1.87. The summed E-state index contributed by atoms with van der Waals surface area (Å²) in [7, 11) is 0. The summed E-state index contributed by atoms with van der Waals surface area (Å²) in [6.07, 6.45) is 1.07. The maximum Gasteiger partial charge on any atom is 0.124 e. The molecule has 1 aromatic carbocycles. The molecule has 2 aromatic rings. The second kappa shape index (κ2) is 7.15. The monoisotopic (exact) mass is 453 g/mol. The molecule has 0 fully saturated rings. The summed E-state index contributed by atoms with van der Waals surface area (Å²) in [5.74, 6) is -0.185. The van der Waals surface area contributed by atoms with Crippen LogP contribution in [0.5, 0.6) is 0 Å². The highest BCUT2D eigenvalue weighted by Crippen LogP contribution is 2.33. The van der Waals surface area contributed by atoms with Crippen molar-refractivity contribution in [1.82, 2.24) is 5.32 Å². The predicted octanol–water partition coefficient (Wildman–Crippen LogP) is 5.34. The molecule has 0 amide bonds. The summed E-state index contributed by atoms with van der Waals surface area (Å²) < 4.78 is 15.3. The Kier molecular flexibility index (Phi) is 5.80. The van der Waals surface area contributed by atoms with Gasteiger partial charge in [0.2, 0.25) is 0 Å². The molecule has 0 aliphatic rings. The van der Waals surface area contributed by atoms with E-state index in [4.69, 9.17) is 0 Å². The molecular formula is C14H14BrFINS. The molecule has 0 saturated carbocycles. The van der Waals surface area contributed by atoms with E-state index in [1.165, 1.54) is 10.9 Å². The van der Waals surface area contributed by atoms with Crippen molar-refractivity contribution in [2.24, 2.45) is 0 Å². The zero-order chi connectivity index (χ0) is 13.8. The molecule has 19 heavy (non-hydrogen) atoms. The Hall–Kier alpha value is 0.0200. The Labute approximate surface area is 138 Å². The van der Waals surface area contributed by atoms with Gasteiger partial charge in [-0.3, -0.25) is 0 Å². The van der Waals surface area contributed by atoms with Crippen LogP contribution < -0.4 is 5.32 Å². The van der Waals surface area contributed by atoms with E-state index in [0.29, 0.717) is 0 Å². The molecule has 0 aliphatic heterocycles. The quantitative estimate of drug-likeness (QED) is 0.602. The third kappa shape index (κ3) is 4.00. The van der Waals surface area contributed by atoms with Crippen LogP contribution in [-0.2, 0) is 0 Å². The zero-order valence-corrected chi connectivity index (χ0v) is 15.0. The lowest BCUT2D eigenvalue weighted by atomic mass is 10.1. The number of thiophene rings is 1. The van der Waals surface area contributed by atoms with Crippen LogP contribution in [0.3, 0.4) is 0 Å². The number of benzene rings is 1. The van der Waals surface area contributed by atoms with E-state index in [2.05, 4.69) is 62.9 Å². The molecule has 0 saturated heterocycles. The Bertz CT molecular complexity index is 558. The summed E-state index contributed by atoms with van der Waals surface area (Å²) in [5.41, 5.74) is 1.13. The van der Waals surface area contributed by atoms with Crippen LogP contribution in [0.25, 0.3) is 0 Å². The average molecular weight is 454 g/mol. The van der Waals surface area contributed by atoms with Gasteiger partial charge < -0.3 is 5.32 Å². The average Bonchev–Trinajstić information content (AvgIpc) is 2.78. The van der Waals surface area contributed by atoms with E-state index in [0.717, 1.165) is 25.9 Å². The standard InChI is InChI=1S/C14H14BrFINS/c1-2-7-18-14(12-5-6-13(15)19-12)10-4-3-9(16)8-11(10)17/h3-6,8,14,18H,2,7H2,1H3. The molecule has 0 spiro atoms. The van der Waals surface area contributed by atoms with Gasteiger partial charge in [-0.15, -0.1) is 11.3 Å². The van der Waals surface area contributed by atoms with Crippen molar-refractivity contribution in [3.05, 3.63) is 53.9 Å². The van der Waals surface area contributed by atoms with Crippen LogP contribution >= 0.6 is 49.9 Å². The van der Waals surface area contributed by atoms with Gasteiger partial charge in [0.25, 0.3) is 0 Å². The molecule has 102 valence electrons. The first-order chi connectivity index (χ1) is 9.11. The van der Waals surface area contributed by atoms with Crippen LogP contribution in [0, 0.1) is 9.39 Å². The number of halogens is 3. The van der Waals surface area contributed by atoms with Crippen molar-refractivity contribution in [3.8, 4) is 0 Å². The van der Waals surface area contributed by atoms with Gasteiger partial charge in [-0.25, -0.2) is 4.39 Å². The number of hydrogen-bond donors (Lipinski definition) is 1. The minimum absolute atomic E-state index is 0.128. The number of rotatable bonds is 5. The number of nitrogens with one attached hydrogen (secondary N) is 1. The predicted molar refractivity (Wildman–Crippen MR) is 91.3 cm³/mol. The third-order valence-electron chi connectivity index (χ3n) is 2.75. The van der Waals surface area contributed by atoms with Crippen molar-refractivity contribution in [3.63, 3.8) is 0 Å². The maximum atomic E-state index is 13.2. The Morgan fingerprint density at radius 3 is 2.74 bits per heavy atom. The SMILES string of the molecule is CCCNC(c1ccc(Br)s1)c1ccc(F)cc1I. The van der Waals surface area contributed by atoms with Gasteiger partial charge >= 0.3 is 0 Å². The molecule has 1 heterocycles. The van der Waals surface area contributed by atoms with Gasteiger partial charge in [0.15, 0.2) is 0 Å². The highest BCUT2D eigenvalue weighted by Gasteiger charge is 2.18. The van der Waals surface area contributed by atoms with Crippen molar-refractivity contribution in [2.75, 3.05) is 6.54 Å². The van der Waals surface area contributed by atoms with Crippen LogP contribution in [0.15, 0.2) is 34.1 Å². The summed E-state index contributed by atoms with van der Waals surface area (Å²) in [5, 5.41) is 3.54. The highest BCUT2D eigenvalue weighted by atomic mass is 127. The molecule has 0 aliphatic carbocycles. The molecule has 1 aromatic heterocycles. The normalized spacial score (nSPS) is 12.6. The molecule has 1 unspecified atom stereocenters. The maximum absolute atomic E-state index is 13.2. The van der Waals surface area contributed by atoms with Gasteiger partial charge in [-0.05, 0) is 81.3 Å². The van der Waals surface area contributed by atoms with Crippen molar-refractivity contribution in [2.45, 2.75) is 19.4 Å². The third-order valence-corrected chi connectivity index (χ3v) is 5.37. The van der Waals surface area contributed by atoms with E-state index >= 15 is 0 Å². The van der Waals surface area contributed by atoms with Gasteiger partial charge in [-0.1, -0.05) is 13.0 Å². The highest BCUT2D eigenvalue weighted by molar-refractivity contribution is 14.1. The fourth-order valence-corrected chi connectivity index (χ4v) is 4.18. The lowest BCUT2D eigenvalue weighted by Crippen LogP contribution is -2.23. The zero-order valence-electron chi connectivity index (χ0n) is 10.4. The minimum Gasteiger partial charge on any atom is -0.306 e. The molecule has 1 atom stereocenters. The van der Waals surface area contributed by atoms with Gasteiger partial charge in [0.05, 0.1) is 9.83 Å². The second-order valence-electron chi connectivity index (χ2n) is 4.19. The Morgan fingerprint density at radius 1 is 1.37 bits per heavy atom. The van der Waals surface area contributed by atoms with Crippen LogP contribution in [0.2, 0.25) is 0 Å². The Morgan fingerprint density at radius 2 is 2.16 bits per heavy atom. The van der Waals surface area contributed by atoms with Gasteiger partial charge in [-0.2, -0.15) is 0 Å². The lowest BCUT2D eigenvalue weighted by molar-refractivity contribution is 0.596. The molecule has 2 rings (SSSR count). The molecule has 0 bridgehead atoms. The molecule has 0 radical (unpaired) electrons. The van der Waals surface area contributed by atoms with Crippen molar-refractivity contribution < 1.29 is 4.39 Å². The molecule has 1 N–H and O–H groups in total. The molecule has 5 heteroatoms. The summed E-state index contributed by atoms with van der Waals surface area (Å²) in [6, 6.07) is 9.28. The Balaban J connectivity index is 2.36. The van der Waals surface area contributed by atoms with Crippen molar-refractivity contribution in [1.29, 1.82) is 0 Å². The summed E-state index contributed by atoms with van der Waals surface area (Å²) >= 11 is 7.41. The van der Waals surface area contributed by atoms with E-state index in [1.807, 2.05) is 6.07 Å². The van der Waals surface area contributed by atoms with E-state index in [9.17, 15) is 4.39 Å². The van der Waals surface area contributed by atoms with Crippen LogP contribution in [0.1, 0.15) is 29.8 Å². The van der Waals surface area contributed by atoms with Crippen molar-refractivity contribution >= 4 is 49.9 Å². The van der Waals surface area contributed by atoms with E-state index < -0.39 is 0 Å². The topological polar surface area (TPSA) is 12.0 Å². The smallest absolute Gasteiger partial charge is 0.124 e. The summed E-state index contributed by atoms with van der Waals surface area (Å²) in [6.45, 7) is 3.08. The molecule has 1 nitrogen and oxygen atoms in total. The van der Waals surface area contributed by atoms with Crippen LogP contribution in [0.4, 0.5) is 4.39 Å². The van der Waals surface area contributed by atoms with E-state index in [1.54, 1.807) is 17.4 Å². The first-order valence-electron chi connectivity index (χ1n) is 6.05. The lowest BCUT2D eigenvalue weighted by Gasteiger charge is -2.19. The summed E-state index contributed by atoms with van der Waals surface area (Å²) in [4.78, 5) is 1.24. The first-order valence-corrected chi connectivity index (χ1v) is 8.74. The number of hydrogen-bond acceptors (Lipinski definition) is 2. The van der Waals surface area contributed by atoms with Crippen LogP contribution in [-0.4, -0.2) is 6.54 Å². The largest absolute Gasteiger partial charge is 0.306 e.